The molecule has 4 nitrogen and oxygen atoms in total. The van der Waals surface area contributed by atoms with Crippen molar-refractivity contribution >= 4 is 162 Å². The predicted octanol–water partition coefficient (Wildman–Crippen LogP) is 23.8. The summed E-state index contributed by atoms with van der Waals surface area (Å²) in [5.74, 6) is 5.68. The molecule has 0 heterocycles. The Labute approximate surface area is 1030 Å². The van der Waals surface area contributed by atoms with E-state index in [9.17, 15) is 0 Å². The molecule has 18 aromatic rings. The quantitative estimate of drug-likeness (QED) is 0.0115. The van der Waals surface area contributed by atoms with E-state index in [0.717, 1.165) is 68.0 Å². The van der Waals surface area contributed by atoms with Gasteiger partial charge in [-0.1, -0.05) is 573 Å². The third-order valence-electron chi connectivity index (χ3n) is 23.2. The Balaban J connectivity index is 0.000000303. The maximum absolute atomic E-state index is 8.64. The summed E-state index contributed by atoms with van der Waals surface area (Å²) in [4.78, 5) is 13.6. The standard InChI is InChI=1S/C26H22.C22H20Br2.4C18H15P.C6H15N.C5H10Si.CH2O3.Cu.HI.2K.Pd.H/c1-5-19-9-13-23(14-10-19)25-17-22(8-4)26(18-21(25)7-3)24-15-11-20(6-2)12-16-24;1-3-15-5-9-17(10-6-15)19-13-22(24)20(14-21(19)23)18-11-7-16(4-2)8-12-18;4*1-4-10-16(11-5-1)19(17-12-6-2-7-13-17)18-14-8-3-9-15-18;1-4-7(5-2)6-3;1-5-6(2,3)4;2-1-4-3;;;;;;/h3-4,9-18H,5-6H2,1-2H3;5-14H,3-4H2,1-2H3;4*1-15H;4-6H2,1-3H3;1H,2-4H3;1,3H;;1H;;;;/q;;;;;;;;;+1;;2*+1;;-1/p-2. The molecule has 0 radical (unpaired) electrons. The van der Waals surface area contributed by atoms with Crippen LogP contribution >= 0.6 is 83.9 Å². The Bertz CT molecular complexity index is 5820. The SMILES string of the molecule is C#C[Si](C)(C)C.C#Cc1cc(-c2ccc(CC)cc2)c(C#C)cc1-c1ccc(CC)cc1.CCN(CC)CC.CCc1ccc(-c2cc(Br)c(-c3ccc(CC)cc3)cc2Br)cc1.O=CO[O-].[Cu][I].[H-].[K+].[K+].[Pd].c1ccc(P(c2ccccc2)c2ccccc2)cc1.c1ccc(P(c2ccccc2)c2ccccc2)cc1.c1ccc(P(c2ccccc2)c2ccccc2)cc1.c1ccc(P(c2ccccc2)c2ccccc2)cc1. The van der Waals surface area contributed by atoms with Crippen LogP contribution in [0.1, 0.15) is 83.3 Å². The van der Waals surface area contributed by atoms with Gasteiger partial charge in [0.2, 0.25) is 0 Å². The van der Waals surface area contributed by atoms with Crippen LogP contribution in [0.4, 0.5) is 0 Å². The first kappa shape index (κ1) is 129. The molecule has 18 aromatic carbocycles. The first-order chi connectivity index (χ1) is 70.9. The average Bonchev–Trinajstić information content (AvgIpc) is 0.784. The van der Waals surface area contributed by atoms with Gasteiger partial charge in [-0.15, -0.1) is 24.8 Å². The summed E-state index contributed by atoms with van der Waals surface area (Å²) in [5.41, 5.74) is 18.9. The van der Waals surface area contributed by atoms with Crippen LogP contribution in [0, 0.1) is 36.7 Å². The van der Waals surface area contributed by atoms with Crippen molar-refractivity contribution in [1.29, 1.82) is 0 Å². The number of halogens is 3. The molecular weight excluding hydrogens is 2330 g/mol. The monoisotopic (exact) mass is 2460 g/mol. The number of benzene rings is 18. The molecule has 16 heteroatoms. The maximum atomic E-state index is 8.64. The molecular formula is C132H129Br2CuIK2NO3P4PdSi. The Hall–Kier alpha value is -7.89. The number of carbonyl (C=O) groups is 1. The Morgan fingerprint density at radius 1 is 0.297 bits per heavy atom. The van der Waals surface area contributed by atoms with E-state index in [1.54, 1.807) is 20.3 Å². The zero-order valence-corrected chi connectivity index (χ0v) is 105. The summed E-state index contributed by atoms with van der Waals surface area (Å²) in [6, 6.07) is 172. The summed E-state index contributed by atoms with van der Waals surface area (Å²) in [6.45, 7) is 25.0. The normalized spacial score (nSPS) is 10.1. The first-order valence-electron chi connectivity index (χ1n) is 48.8. The topological polar surface area (TPSA) is 52.6 Å². The van der Waals surface area contributed by atoms with E-state index in [1.165, 1.54) is 128 Å². The van der Waals surface area contributed by atoms with Gasteiger partial charge >= 0.3 is 136 Å². The summed E-state index contributed by atoms with van der Waals surface area (Å²) in [5, 5.41) is 25.2. The minimum Gasteiger partial charge on any atom is -1.00 e. The molecule has 0 atom stereocenters. The molecule has 148 heavy (non-hydrogen) atoms. The van der Waals surface area contributed by atoms with Crippen LogP contribution in [-0.2, 0) is 68.6 Å². The van der Waals surface area contributed by atoms with Crippen LogP contribution in [-0.4, -0.2) is 39.1 Å². The molecule has 748 valence electrons. The fraction of sp³-hybridized carbons (Fsp3) is 0.129. The van der Waals surface area contributed by atoms with Gasteiger partial charge in [0.15, 0.2) is 0 Å². The van der Waals surface area contributed by atoms with Gasteiger partial charge in [-0.2, -0.15) is 0 Å². The molecule has 0 aliphatic heterocycles. The van der Waals surface area contributed by atoms with Crippen LogP contribution < -0.4 is 172 Å². The van der Waals surface area contributed by atoms with Crippen molar-refractivity contribution in [3.05, 3.63) is 528 Å². The Morgan fingerprint density at radius 3 is 0.547 bits per heavy atom. The van der Waals surface area contributed by atoms with Crippen molar-refractivity contribution in [3.63, 3.8) is 0 Å². The van der Waals surface area contributed by atoms with Gasteiger partial charge < -0.3 is 16.5 Å². The molecule has 0 spiro atoms. The summed E-state index contributed by atoms with van der Waals surface area (Å²) in [6.07, 6.45) is 20.9. The molecule has 0 fully saturated rings. The number of aryl methyl sites for hydroxylation is 4. The third-order valence-corrected chi connectivity index (χ3v) is 35.2. The molecule has 0 N–H and O–H groups in total. The second-order valence-corrected chi connectivity index (χ2v) is 49.2. The van der Waals surface area contributed by atoms with Gasteiger partial charge in [-0.05, 0) is 232 Å². The zero-order chi connectivity index (χ0) is 104. The van der Waals surface area contributed by atoms with Crippen molar-refractivity contribution in [2.75, 3.05) is 19.6 Å². The van der Waals surface area contributed by atoms with Crippen molar-refractivity contribution in [1.82, 2.24) is 4.90 Å². The van der Waals surface area contributed by atoms with E-state index >= 15 is 0 Å². The summed E-state index contributed by atoms with van der Waals surface area (Å²) in [7, 11) is -2.89. The number of hydrogen-bond acceptors (Lipinski definition) is 4. The molecule has 0 saturated carbocycles. The summed E-state index contributed by atoms with van der Waals surface area (Å²) >= 11 is 13.4. The van der Waals surface area contributed by atoms with Crippen LogP contribution in [0.15, 0.2) is 494 Å². The maximum Gasteiger partial charge on any atom is 1.00 e. The van der Waals surface area contributed by atoms with Gasteiger partial charge in [0.1, 0.15) is 8.07 Å². The number of terminal acetylenes is 3. The van der Waals surface area contributed by atoms with Crippen molar-refractivity contribution in [2.24, 2.45) is 0 Å². The molecule has 0 unspecified atom stereocenters. The fourth-order valence-electron chi connectivity index (χ4n) is 15.4. The van der Waals surface area contributed by atoms with Crippen LogP contribution in [0.5, 0.6) is 0 Å². The average molecular weight is 2460 g/mol. The molecule has 18 rings (SSSR count). The second-order valence-electron chi connectivity index (χ2n) is 33.8. The number of rotatable bonds is 24. The molecule has 0 aromatic heterocycles. The second kappa shape index (κ2) is 74.2. The van der Waals surface area contributed by atoms with Gasteiger partial charge in [-0.25, -0.2) is 0 Å². The van der Waals surface area contributed by atoms with E-state index < -0.39 is 39.8 Å². The van der Waals surface area contributed by atoms with E-state index in [-0.39, 0.29) is 131 Å². The zero-order valence-electron chi connectivity index (χ0n) is 87.7. The summed E-state index contributed by atoms with van der Waals surface area (Å²) < 4.78 is 2.23. The van der Waals surface area contributed by atoms with E-state index in [1.807, 2.05) is 12.1 Å². The minimum absolute atomic E-state index is 0. The molecule has 0 bridgehead atoms. The molecule has 0 saturated heterocycles. The van der Waals surface area contributed by atoms with Crippen molar-refractivity contribution in [2.45, 2.75) is 93.8 Å². The van der Waals surface area contributed by atoms with Gasteiger partial charge in [-0.3, -0.25) is 4.79 Å². The van der Waals surface area contributed by atoms with E-state index in [0.29, 0.717) is 0 Å². The number of carbonyl (C=O) groups excluding carboxylic acids is 1. The van der Waals surface area contributed by atoms with Gasteiger partial charge in [0, 0.05) is 40.5 Å². The van der Waals surface area contributed by atoms with Crippen molar-refractivity contribution in [3.8, 4) is 81.2 Å². The molecule has 0 amide bonds. The minimum atomic E-state index is -1.10. The Morgan fingerprint density at radius 2 is 0.439 bits per heavy atom. The smallest absolute Gasteiger partial charge is 1.00 e. The number of nitrogens with zero attached hydrogens (tertiary/aromatic N) is 1. The van der Waals surface area contributed by atoms with Gasteiger partial charge in [0.25, 0.3) is 6.47 Å². The first-order valence-corrected chi connectivity index (χ1v) is 62.3. The van der Waals surface area contributed by atoms with E-state index in [4.69, 9.17) is 29.3 Å². The van der Waals surface area contributed by atoms with Crippen LogP contribution in [0.25, 0.3) is 44.5 Å². The fourth-order valence-corrected chi connectivity index (χ4v) is 25.7. The largest absolute Gasteiger partial charge is 1.00 e. The van der Waals surface area contributed by atoms with Crippen LogP contribution in [0.3, 0.4) is 0 Å². The van der Waals surface area contributed by atoms with Gasteiger partial charge in [0.05, 0.1) is 0 Å². The third kappa shape index (κ3) is 42.9. The van der Waals surface area contributed by atoms with E-state index in [2.05, 4.69) is 613 Å². The van der Waals surface area contributed by atoms with Crippen molar-refractivity contribution < 1.29 is 152 Å². The molecule has 0 aliphatic carbocycles. The van der Waals surface area contributed by atoms with Crippen LogP contribution in [0.2, 0.25) is 19.6 Å². The molecule has 0 aliphatic rings. The predicted molar refractivity (Wildman–Crippen MR) is 652 cm³/mol. The Kier molecular flexibility index (Phi) is 64.6. The number of hydrogen-bond donors (Lipinski definition) is 0.